The fraction of sp³-hybridized carbons (Fsp3) is 0.200. The molecule has 0 saturated carbocycles. The Kier molecular flexibility index (Phi) is 5.12. The van der Waals surface area contributed by atoms with Crippen molar-refractivity contribution in [3.05, 3.63) is 60.2 Å². The van der Waals surface area contributed by atoms with Crippen LogP contribution in [0.5, 0.6) is 11.5 Å². The van der Waals surface area contributed by atoms with Crippen molar-refractivity contribution in [2.24, 2.45) is 0 Å². The average Bonchev–Trinajstić information content (AvgIpc) is 2.42. The molecule has 0 atom stereocenters. The van der Waals surface area contributed by atoms with Gasteiger partial charge in [-0.15, -0.1) is 0 Å². The number of benzene rings is 2. The molecule has 0 aliphatic rings. The lowest BCUT2D eigenvalue weighted by atomic mass is 10.1. The molecule has 0 heterocycles. The van der Waals surface area contributed by atoms with Crippen LogP contribution in [0.4, 0.5) is 0 Å². The fourth-order valence-corrected chi connectivity index (χ4v) is 1.82. The van der Waals surface area contributed by atoms with Crippen LogP contribution in [0.15, 0.2) is 54.6 Å². The second-order valence-electron chi connectivity index (χ2n) is 3.97. The van der Waals surface area contributed by atoms with E-state index >= 15 is 0 Å². The first-order chi connectivity index (χ1) is 8.88. The third kappa shape index (κ3) is 4.09. The van der Waals surface area contributed by atoms with Crippen LogP contribution in [0.25, 0.3) is 0 Å². The molecule has 2 rings (SSSR count). The van der Waals surface area contributed by atoms with Crippen LogP contribution < -0.4 is 10.1 Å². The largest absolute Gasteiger partial charge is 0.457 e. The Hall–Kier alpha value is -1.45. The van der Waals surface area contributed by atoms with Gasteiger partial charge in [-0.3, -0.25) is 0 Å². The van der Waals surface area contributed by atoms with Gasteiger partial charge in [0.1, 0.15) is 11.5 Å². The van der Waals surface area contributed by atoms with Gasteiger partial charge in [-0.1, -0.05) is 30.3 Å². The Bertz CT molecular complexity index is 456. The summed E-state index contributed by atoms with van der Waals surface area (Å²) < 4.78 is 5.73. The van der Waals surface area contributed by atoms with Crippen LogP contribution in [0.1, 0.15) is 5.56 Å². The van der Waals surface area contributed by atoms with Crippen molar-refractivity contribution in [1.29, 1.82) is 0 Å². The first kappa shape index (κ1) is 13.0. The minimum Gasteiger partial charge on any atom is -0.457 e. The Morgan fingerprint density at radius 1 is 0.889 bits per heavy atom. The van der Waals surface area contributed by atoms with Crippen LogP contribution in [0, 0.1) is 0 Å². The number of para-hydroxylation sites is 1. The molecule has 0 radical (unpaired) electrons. The Morgan fingerprint density at radius 3 is 2.22 bits per heavy atom. The van der Waals surface area contributed by atoms with Gasteiger partial charge in [0.2, 0.25) is 0 Å². The van der Waals surface area contributed by atoms with E-state index in [0.717, 1.165) is 30.3 Å². The van der Waals surface area contributed by atoms with Crippen molar-refractivity contribution in [3.8, 4) is 11.5 Å². The van der Waals surface area contributed by atoms with Crippen molar-refractivity contribution in [3.63, 3.8) is 0 Å². The van der Waals surface area contributed by atoms with Gasteiger partial charge in [0, 0.05) is 5.88 Å². The number of hydrogen-bond acceptors (Lipinski definition) is 3. The molecular formula is C15H17NOS. The van der Waals surface area contributed by atoms with Gasteiger partial charge in [-0.05, 0) is 42.8 Å². The van der Waals surface area contributed by atoms with E-state index in [4.69, 9.17) is 4.74 Å². The van der Waals surface area contributed by atoms with Crippen molar-refractivity contribution in [2.75, 3.05) is 12.4 Å². The van der Waals surface area contributed by atoms with Crippen LogP contribution in [-0.4, -0.2) is 12.4 Å². The van der Waals surface area contributed by atoms with E-state index in [1.54, 1.807) is 0 Å². The Labute approximate surface area is 113 Å². The second kappa shape index (κ2) is 7.09. The maximum atomic E-state index is 5.73. The van der Waals surface area contributed by atoms with Crippen molar-refractivity contribution in [2.45, 2.75) is 6.42 Å². The predicted octanol–water partition coefficient (Wildman–Crippen LogP) is 3.50. The third-order valence-corrected chi connectivity index (χ3v) is 2.83. The molecule has 0 saturated heterocycles. The molecular weight excluding hydrogens is 242 g/mol. The minimum atomic E-state index is 0.717. The number of hydrogen-bond donors (Lipinski definition) is 2. The number of thiol groups is 1. The van der Waals surface area contributed by atoms with Crippen molar-refractivity contribution >= 4 is 12.6 Å². The molecule has 94 valence electrons. The smallest absolute Gasteiger partial charge is 0.127 e. The lowest BCUT2D eigenvalue weighted by Gasteiger charge is -2.06. The van der Waals surface area contributed by atoms with E-state index < -0.39 is 0 Å². The molecule has 2 aromatic rings. The quantitative estimate of drug-likeness (QED) is 0.471. The molecule has 2 nitrogen and oxygen atoms in total. The summed E-state index contributed by atoms with van der Waals surface area (Å²) in [5, 5.41) is 3.18. The zero-order chi connectivity index (χ0) is 12.6. The summed E-state index contributed by atoms with van der Waals surface area (Å²) >= 11 is 4.11. The zero-order valence-electron chi connectivity index (χ0n) is 10.2. The van der Waals surface area contributed by atoms with E-state index in [2.05, 4.69) is 30.1 Å². The van der Waals surface area contributed by atoms with E-state index in [1.807, 2.05) is 42.5 Å². The number of nitrogens with one attached hydrogen (secondary N) is 1. The molecule has 0 aliphatic heterocycles. The summed E-state index contributed by atoms with van der Waals surface area (Å²) in [5.74, 6) is 2.45. The zero-order valence-corrected chi connectivity index (χ0v) is 11.1. The monoisotopic (exact) mass is 259 g/mol. The highest BCUT2D eigenvalue weighted by Crippen LogP contribution is 2.21. The predicted molar refractivity (Wildman–Crippen MR) is 78.5 cm³/mol. The van der Waals surface area contributed by atoms with Gasteiger partial charge in [0.25, 0.3) is 0 Å². The second-order valence-corrected chi connectivity index (χ2v) is 4.28. The van der Waals surface area contributed by atoms with Gasteiger partial charge in [-0.2, -0.15) is 12.6 Å². The normalized spacial score (nSPS) is 10.3. The highest BCUT2D eigenvalue weighted by atomic mass is 32.1. The maximum absolute atomic E-state index is 5.73. The molecule has 0 bridgehead atoms. The summed E-state index contributed by atoms with van der Waals surface area (Å²) in [5.41, 5.74) is 1.30. The van der Waals surface area contributed by atoms with Crippen LogP contribution in [-0.2, 0) is 6.42 Å². The summed E-state index contributed by atoms with van der Waals surface area (Å²) in [6.07, 6.45) is 1.01. The number of rotatable bonds is 6. The standard InChI is InChI=1S/C15H17NOS/c18-12-16-11-10-13-6-8-15(9-7-13)17-14-4-2-1-3-5-14/h1-9,16,18H,10-12H2. The molecule has 1 N–H and O–H groups in total. The lowest BCUT2D eigenvalue weighted by molar-refractivity contribution is 0.482. The molecule has 0 aromatic heterocycles. The van der Waals surface area contributed by atoms with Gasteiger partial charge in [0.15, 0.2) is 0 Å². The van der Waals surface area contributed by atoms with Gasteiger partial charge >= 0.3 is 0 Å². The highest BCUT2D eigenvalue weighted by molar-refractivity contribution is 7.80. The summed E-state index contributed by atoms with van der Waals surface area (Å²) in [4.78, 5) is 0. The Balaban J connectivity index is 1.91. The van der Waals surface area contributed by atoms with Gasteiger partial charge in [-0.25, -0.2) is 0 Å². The van der Waals surface area contributed by atoms with Gasteiger partial charge in [0.05, 0.1) is 0 Å². The van der Waals surface area contributed by atoms with E-state index in [0.29, 0.717) is 0 Å². The first-order valence-corrected chi connectivity index (χ1v) is 6.65. The molecule has 0 amide bonds. The molecule has 3 heteroatoms. The summed E-state index contributed by atoms with van der Waals surface area (Å²) in [6.45, 7) is 0.947. The molecule has 0 fully saturated rings. The highest BCUT2D eigenvalue weighted by Gasteiger charge is 1.97. The third-order valence-electron chi connectivity index (χ3n) is 2.60. The van der Waals surface area contributed by atoms with E-state index in [1.165, 1.54) is 5.56 Å². The molecule has 0 aliphatic carbocycles. The van der Waals surface area contributed by atoms with Gasteiger partial charge < -0.3 is 10.1 Å². The van der Waals surface area contributed by atoms with Crippen LogP contribution in [0.2, 0.25) is 0 Å². The van der Waals surface area contributed by atoms with Crippen molar-refractivity contribution in [1.82, 2.24) is 5.32 Å². The van der Waals surface area contributed by atoms with Crippen LogP contribution >= 0.6 is 12.6 Å². The average molecular weight is 259 g/mol. The summed E-state index contributed by atoms with van der Waals surface area (Å²) in [6, 6.07) is 18.0. The SMILES string of the molecule is SCNCCc1ccc(Oc2ccccc2)cc1. The van der Waals surface area contributed by atoms with Crippen LogP contribution in [0.3, 0.4) is 0 Å². The maximum Gasteiger partial charge on any atom is 0.127 e. The minimum absolute atomic E-state index is 0.717. The van der Waals surface area contributed by atoms with E-state index in [9.17, 15) is 0 Å². The molecule has 0 unspecified atom stereocenters. The lowest BCUT2D eigenvalue weighted by Crippen LogP contribution is -2.14. The van der Waals surface area contributed by atoms with Crippen molar-refractivity contribution < 1.29 is 4.74 Å². The molecule has 0 spiro atoms. The fourth-order valence-electron chi connectivity index (χ4n) is 1.66. The molecule has 18 heavy (non-hydrogen) atoms. The topological polar surface area (TPSA) is 21.3 Å². The van der Waals surface area contributed by atoms with E-state index in [-0.39, 0.29) is 0 Å². The number of ether oxygens (including phenoxy) is 1. The first-order valence-electron chi connectivity index (χ1n) is 6.02. The molecule has 2 aromatic carbocycles. The Morgan fingerprint density at radius 2 is 1.56 bits per heavy atom. The summed E-state index contributed by atoms with van der Waals surface area (Å²) in [7, 11) is 0.